The zero-order valence-electron chi connectivity index (χ0n) is 10.3. The summed E-state index contributed by atoms with van der Waals surface area (Å²) in [6.45, 7) is 1.88. The van der Waals surface area contributed by atoms with Crippen molar-refractivity contribution < 1.29 is 4.79 Å². The Bertz CT molecular complexity index is 607. The van der Waals surface area contributed by atoms with E-state index in [0.717, 1.165) is 29.8 Å². The van der Waals surface area contributed by atoms with Crippen molar-refractivity contribution in [3.63, 3.8) is 0 Å². The molecular weight excluding hydrogens is 224 g/mol. The van der Waals surface area contributed by atoms with Gasteiger partial charge in [0.15, 0.2) is 5.78 Å². The van der Waals surface area contributed by atoms with E-state index in [1.165, 1.54) is 5.56 Å². The molecule has 0 aliphatic heterocycles. The first-order chi connectivity index (χ1) is 8.77. The molecule has 1 atom stereocenters. The van der Waals surface area contributed by atoms with Crippen LogP contribution in [0.3, 0.4) is 0 Å². The number of pyridine rings is 2. The maximum Gasteiger partial charge on any atom is 0.173 e. The first kappa shape index (κ1) is 11.1. The lowest BCUT2D eigenvalue weighted by Gasteiger charge is -2.10. The van der Waals surface area contributed by atoms with Crippen LogP contribution in [0.2, 0.25) is 0 Å². The highest BCUT2D eigenvalue weighted by atomic mass is 16.1. The molecule has 0 spiro atoms. The molecule has 18 heavy (non-hydrogen) atoms. The first-order valence-electron chi connectivity index (χ1n) is 6.17. The van der Waals surface area contributed by atoms with Gasteiger partial charge in [-0.25, -0.2) is 0 Å². The molecule has 0 fully saturated rings. The molecular formula is C15H14N2O. The maximum absolute atomic E-state index is 12.6. The van der Waals surface area contributed by atoms with Crippen LogP contribution in [-0.2, 0) is 6.42 Å². The molecule has 0 radical (unpaired) electrons. The zero-order chi connectivity index (χ0) is 12.5. The second kappa shape index (κ2) is 4.33. The molecule has 0 bridgehead atoms. The molecule has 0 saturated carbocycles. The van der Waals surface area contributed by atoms with Crippen LogP contribution in [0.15, 0.2) is 36.7 Å². The van der Waals surface area contributed by atoms with Gasteiger partial charge in [0.2, 0.25) is 0 Å². The number of carbonyl (C=O) groups is 1. The van der Waals surface area contributed by atoms with Gasteiger partial charge in [-0.3, -0.25) is 14.8 Å². The van der Waals surface area contributed by atoms with Gasteiger partial charge >= 0.3 is 0 Å². The molecule has 0 amide bonds. The van der Waals surface area contributed by atoms with Crippen molar-refractivity contribution in [1.29, 1.82) is 0 Å². The molecule has 1 unspecified atom stereocenters. The van der Waals surface area contributed by atoms with Crippen LogP contribution >= 0.6 is 0 Å². The highest BCUT2D eigenvalue weighted by molar-refractivity contribution is 6.02. The van der Waals surface area contributed by atoms with E-state index in [1.54, 1.807) is 12.4 Å². The third kappa shape index (κ3) is 1.72. The summed E-state index contributed by atoms with van der Waals surface area (Å²) in [5, 5.41) is 0. The fourth-order valence-corrected chi connectivity index (χ4v) is 2.60. The summed E-state index contributed by atoms with van der Waals surface area (Å²) < 4.78 is 0. The Labute approximate surface area is 106 Å². The molecule has 0 aromatic carbocycles. The molecule has 0 N–H and O–H groups in total. The van der Waals surface area contributed by atoms with Crippen molar-refractivity contribution >= 4 is 5.78 Å². The van der Waals surface area contributed by atoms with E-state index in [2.05, 4.69) is 16.0 Å². The third-order valence-electron chi connectivity index (χ3n) is 3.55. The smallest absolute Gasteiger partial charge is 0.173 e. The molecule has 2 heterocycles. The number of ketones is 1. The van der Waals surface area contributed by atoms with Crippen molar-refractivity contribution in [2.24, 2.45) is 0 Å². The minimum absolute atomic E-state index is 0.0934. The number of Topliss-reactive ketones (excluding diaryl/α,β-unsaturated/α-hetero) is 1. The number of hydrogen-bond acceptors (Lipinski definition) is 3. The largest absolute Gasteiger partial charge is 0.293 e. The number of fused-ring (bicyclic) bond motifs is 1. The van der Waals surface area contributed by atoms with Crippen molar-refractivity contribution in [2.45, 2.75) is 25.7 Å². The van der Waals surface area contributed by atoms with Crippen LogP contribution in [0.25, 0.3) is 0 Å². The fourth-order valence-electron chi connectivity index (χ4n) is 2.60. The number of hydrogen-bond donors (Lipinski definition) is 0. The summed E-state index contributed by atoms with van der Waals surface area (Å²) in [5.41, 5.74) is 3.68. The van der Waals surface area contributed by atoms with Gasteiger partial charge in [0.1, 0.15) is 0 Å². The Morgan fingerprint density at radius 2 is 2.00 bits per heavy atom. The summed E-state index contributed by atoms with van der Waals surface area (Å²) >= 11 is 0. The minimum Gasteiger partial charge on any atom is -0.293 e. The van der Waals surface area contributed by atoms with Crippen LogP contribution in [0.1, 0.15) is 39.6 Å². The number of carbonyl (C=O) groups excluding carboxylic acids is 1. The summed E-state index contributed by atoms with van der Waals surface area (Å²) in [4.78, 5) is 21.1. The van der Waals surface area contributed by atoms with Crippen molar-refractivity contribution in [2.75, 3.05) is 0 Å². The number of nitrogens with zero attached hydrogens (tertiary/aromatic N) is 2. The van der Waals surface area contributed by atoms with E-state index >= 15 is 0 Å². The normalized spacial score (nSPS) is 17.5. The average Bonchev–Trinajstić information content (AvgIpc) is 2.82. The van der Waals surface area contributed by atoms with E-state index in [0.29, 0.717) is 0 Å². The lowest BCUT2D eigenvalue weighted by atomic mass is 9.94. The number of aryl methyl sites for hydroxylation is 2. The van der Waals surface area contributed by atoms with Crippen LogP contribution < -0.4 is 0 Å². The second-order valence-corrected chi connectivity index (χ2v) is 4.64. The lowest BCUT2D eigenvalue weighted by Crippen LogP contribution is -2.13. The van der Waals surface area contributed by atoms with Crippen LogP contribution in [0.4, 0.5) is 0 Å². The Morgan fingerprint density at radius 1 is 1.22 bits per heavy atom. The molecule has 1 aliphatic carbocycles. The molecule has 3 rings (SSSR count). The molecule has 2 aromatic rings. The highest BCUT2D eigenvalue weighted by Gasteiger charge is 2.31. The summed E-state index contributed by atoms with van der Waals surface area (Å²) in [5.74, 6) is 0.0575. The van der Waals surface area contributed by atoms with E-state index in [1.807, 2.05) is 25.1 Å². The fraction of sp³-hybridized carbons (Fsp3) is 0.267. The predicted molar refractivity (Wildman–Crippen MR) is 68.6 cm³/mol. The van der Waals surface area contributed by atoms with Gasteiger partial charge in [-0.2, -0.15) is 0 Å². The van der Waals surface area contributed by atoms with Gasteiger partial charge < -0.3 is 0 Å². The van der Waals surface area contributed by atoms with Gasteiger partial charge in [0.25, 0.3) is 0 Å². The number of rotatable bonds is 2. The van der Waals surface area contributed by atoms with E-state index in [9.17, 15) is 4.79 Å². The monoisotopic (exact) mass is 238 g/mol. The van der Waals surface area contributed by atoms with Crippen LogP contribution in [0.5, 0.6) is 0 Å². The SMILES string of the molecule is Cc1ncccc1C(=O)C1CCc2cccnc21. The van der Waals surface area contributed by atoms with Crippen molar-refractivity contribution in [1.82, 2.24) is 9.97 Å². The lowest BCUT2D eigenvalue weighted by molar-refractivity contribution is 0.0957. The topological polar surface area (TPSA) is 42.9 Å². The Balaban J connectivity index is 1.99. The standard InChI is InChI=1S/C15H14N2O/c1-10-12(5-3-8-16-10)15(18)13-7-6-11-4-2-9-17-14(11)13/h2-5,8-9,13H,6-7H2,1H3. The number of aromatic nitrogens is 2. The summed E-state index contributed by atoms with van der Waals surface area (Å²) in [7, 11) is 0. The minimum atomic E-state index is -0.0934. The quantitative estimate of drug-likeness (QED) is 0.755. The zero-order valence-corrected chi connectivity index (χ0v) is 10.3. The Morgan fingerprint density at radius 3 is 2.83 bits per heavy atom. The van der Waals surface area contributed by atoms with Gasteiger partial charge in [-0.15, -0.1) is 0 Å². The van der Waals surface area contributed by atoms with Gasteiger partial charge in [-0.05, 0) is 43.5 Å². The maximum atomic E-state index is 12.6. The van der Waals surface area contributed by atoms with Gasteiger partial charge in [0.05, 0.1) is 11.6 Å². The van der Waals surface area contributed by atoms with E-state index in [-0.39, 0.29) is 11.7 Å². The molecule has 0 saturated heterocycles. The van der Waals surface area contributed by atoms with Crippen molar-refractivity contribution in [3.05, 3.63) is 59.2 Å². The van der Waals surface area contributed by atoms with Gasteiger partial charge in [-0.1, -0.05) is 6.07 Å². The van der Waals surface area contributed by atoms with Gasteiger partial charge in [0, 0.05) is 23.7 Å². The third-order valence-corrected chi connectivity index (χ3v) is 3.55. The Hall–Kier alpha value is -2.03. The van der Waals surface area contributed by atoms with E-state index in [4.69, 9.17) is 0 Å². The summed E-state index contributed by atoms with van der Waals surface area (Å²) in [6, 6.07) is 7.66. The second-order valence-electron chi connectivity index (χ2n) is 4.64. The molecule has 3 nitrogen and oxygen atoms in total. The van der Waals surface area contributed by atoms with Crippen LogP contribution in [0, 0.1) is 6.92 Å². The Kier molecular flexibility index (Phi) is 2.67. The highest BCUT2D eigenvalue weighted by Crippen LogP contribution is 2.33. The predicted octanol–water partition coefficient (Wildman–Crippen LogP) is 2.70. The molecule has 1 aliphatic rings. The van der Waals surface area contributed by atoms with Crippen molar-refractivity contribution in [3.8, 4) is 0 Å². The average molecular weight is 238 g/mol. The molecule has 2 aromatic heterocycles. The molecule has 3 heteroatoms. The van der Waals surface area contributed by atoms with E-state index < -0.39 is 0 Å². The van der Waals surface area contributed by atoms with Crippen LogP contribution in [-0.4, -0.2) is 15.8 Å². The molecule has 90 valence electrons. The first-order valence-corrected chi connectivity index (χ1v) is 6.17. The summed E-state index contributed by atoms with van der Waals surface area (Å²) in [6.07, 6.45) is 5.28.